The smallest absolute Gasteiger partial charge is 0.306 e. The van der Waals surface area contributed by atoms with Crippen LogP contribution in [0, 0.1) is 0 Å². The molecular weight excluding hydrogens is 260 g/mol. The fraction of sp³-hybridized carbons (Fsp3) is 0.857. The van der Waals surface area contributed by atoms with Crippen LogP contribution in [0.2, 0.25) is 0 Å². The van der Waals surface area contributed by atoms with E-state index in [2.05, 4.69) is 33.1 Å². The normalized spacial score (nSPS) is 24.4. The number of hydrogen-bond donors (Lipinski definition) is 0. The highest BCUT2D eigenvalue weighted by Crippen LogP contribution is 2.16. The molecule has 0 aromatic carbocycles. The minimum atomic E-state index is -0.169. The van der Waals surface area contributed by atoms with Gasteiger partial charge in [-0.25, -0.2) is 0 Å². The zero-order valence-corrected chi connectivity index (χ0v) is 12.9. The molecule has 0 spiro atoms. The van der Waals surface area contributed by atoms with Crippen LogP contribution < -0.4 is 0 Å². The second-order valence-corrected chi connectivity index (χ2v) is 5.34. The van der Waals surface area contributed by atoms with Crippen molar-refractivity contribution in [1.29, 1.82) is 0 Å². The average molecular weight is 286 g/mol. The van der Waals surface area contributed by atoms with Gasteiger partial charge in [0.2, 0.25) is 0 Å². The van der Waals surface area contributed by atoms with E-state index < -0.39 is 0 Å². The molecule has 0 aromatic heterocycles. The fourth-order valence-corrected chi connectivity index (χ4v) is 2.57. The number of nitrogens with zero attached hydrogens (tertiary/aromatic N) is 2. The zero-order valence-electron chi connectivity index (χ0n) is 12.9. The van der Waals surface area contributed by atoms with Crippen LogP contribution in [0.3, 0.4) is 0 Å². The van der Waals surface area contributed by atoms with Gasteiger partial charge in [-0.1, -0.05) is 0 Å². The Balaban J connectivity index is 2.40. The summed E-state index contributed by atoms with van der Waals surface area (Å²) in [7, 11) is 2.83. The number of rotatable bonds is 6. The molecule has 1 fully saturated rings. The molecule has 0 radical (unpaired) electrons. The molecule has 2 atom stereocenters. The second kappa shape index (κ2) is 8.21. The molecule has 20 heavy (non-hydrogen) atoms. The topological polar surface area (TPSA) is 59.1 Å². The van der Waals surface area contributed by atoms with Gasteiger partial charge in [-0.3, -0.25) is 19.4 Å². The first-order valence-electron chi connectivity index (χ1n) is 7.09. The van der Waals surface area contributed by atoms with Crippen LogP contribution >= 0.6 is 0 Å². The number of hydrogen-bond acceptors (Lipinski definition) is 6. The first-order valence-corrected chi connectivity index (χ1v) is 7.09. The van der Waals surface area contributed by atoms with Gasteiger partial charge < -0.3 is 9.47 Å². The number of carbonyl (C=O) groups is 2. The van der Waals surface area contributed by atoms with Crippen molar-refractivity contribution in [2.45, 2.75) is 38.8 Å². The van der Waals surface area contributed by atoms with E-state index in [9.17, 15) is 9.59 Å². The Bertz CT molecular complexity index is 303. The maximum absolute atomic E-state index is 11.2. The Labute approximate surface area is 121 Å². The van der Waals surface area contributed by atoms with Crippen LogP contribution in [-0.4, -0.2) is 74.2 Å². The Hall–Kier alpha value is -1.14. The van der Waals surface area contributed by atoms with E-state index >= 15 is 0 Å². The van der Waals surface area contributed by atoms with Gasteiger partial charge in [0.1, 0.15) is 0 Å². The lowest BCUT2D eigenvalue weighted by Crippen LogP contribution is -2.56. The van der Waals surface area contributed by atoms with Crippen LogP contribution in [0.25, 0.3) is 0 Å². The molecule has 6 heteroatoms. The third-order valence-corrected chi connectivity index (χ3v) is 3.91. The quantitative estimate of drug-likeness (QED) is 0.663. The van der Waals surface area contributed by atoms with Gasteiger partial charge in [-0.05, 0) is 13.8 Å². The number of methoxy groups -OCH3 is 2. The molecule has 116 valence electrons. The van der Waals surface area contributed by atoms with E-state index in [1.165, 1.54) is 14.2 Å². The van der Waals surface area contributed by atoms with Gasteiger partial charge >= 0.3 is 11.9 Å². The molecule has 1 aliphatic rings. The fourth-order valence-electron chi connectivity index (χ4n) is 2.57. The third kappa shape index (κ3) is 5.09. The Morgan fingerprint density at radius 1 is 0.900 bits per heavy atom. The highest BCUT2D eigenvalue weighted by atomic mass is 16.5. The van der Waals surface area contributed by atoms with Crippen LogP contribution in [0.4, 0.5) is 0 Å². The molecule has 1 heterocycles. The highest BCUT2D eigenvalue weighted by molar-refractivity contribution is 5.69. The van der Waals surface area contributed by atoms with E-state index in [1.807, 2.05) is 0 Å². The molecule has 0 bridgehead atoms. The summed E-state index contributed by atoms with van der Waals surface area (Å²) < 4.78 is 9.35. The summed E-state index contributed by atoms with van der Waals surface area (Å²) in [5.74, 6) is -0.337. The molecule has 0 N–H and O–H groups in total. The molecule has 1 saturated heterocycles. The predicted octanol–water partition coefficient (Wildman–Crippen LogP) is 0.507. The number of carbonyl (C=O) groups excluding carboxylic acids is 2. The van der Waals surface area contributed by atoms with E-state index in [-0.39, 0.29) is 11.9 Å². The van der Waals surface area contributed by atoms with Gasteiger partial charge in [0.15, 0.2) is 0 Å². The summed E-state index contributed by atoms with van der Waals surface area (Å²) in [6.45, 7) is 7.55. The average Bonchev–Trinajstić information content (AvgIpc) is 2.45. The molecule has 0 aliphatic carbocycles. The van der Waals surface area contributed by atoms with Crippen molar-refractivity contribution >= 4 is 11.9 Å². The maximum atomic E-state index is 11.2. The van der Waals surface area contributed by atoms with E-state index in [4.69, 9.17) is 0 Å². The van der Waals surface area contributed by atoms with Crippen molar-refractivity contribution in [2.24, 2.45) is 0 Å². The lowest BCUT2D eigenvalue weighted by Gasteiger charge is -2.44. The van der Waals surface area contributed by atoms with Gasteiger partial charge in [0, 0.05) is 38.3 Å². The molecule has 1 aliphatic heterocycles. The molecule has 0 unspecified atom stereocenters. The minimum absolute atomic E-state index is 0.169. The van der Waals surface area contributed by atoms with Crippen LogP contribution in [0.1, 0.15) is 26.7 Å². The predicted molar refractivity (Wildman–Crippen MR) is 75.3 cm³/mol. The van der Waals surface area contributed by atoms with Crippen LogP contribution in [-0.2, 0) is 19.1 Å². The standard InChI is InChI=1S/C14H26N2O4/c1-11-9-16(8-6-14(18)20-4)12(2)10-15(11)7-5-13(17)19-3/h11-12H,5-10H2,1-4H3/t11-,12-/m1/s1. The summed E-state index contributed by atoms with van der Waals surface area (Å²) in [6.07, 6.45) is 0.853. The Morgan fingerprint density at radius 3 is 1.55 bits per heavy atom. The zero-order chi connectivity index (χ0) is 15.1. The number of piperazine rings is 1. The van der Waals surface area contributed by atoms with Crippen molar-refractivity contribution in [3.8, 4) is 0 Å². The monoisotopic (exact) mass is 286 g/mol. The molecule has 0 aromatic rings. The molecular formula is C14H26N2O4. The van der Waals surface area contributed by atoms with Crippen LogP contribution in [0.5, 0.6) is 0 Å². The first kappa shape index (κ1) is 16.9. The second-order valence-electron chi connectivity index (χ2n) is 5.34. The lowest BCUT2D eigenvalue weighted by molar-refractivity contribution is -0.142. The summed E-state index contributed by atoms with van der Waals surface area (Å²) in [6, 6.07) is 0.738. The van der Waals surface area contributed by atoms with Gasteiger partial charge in [-0.2, -0.15) is 0 Å². The third-order valence-electron chi connectivity index (χ3n) is 3.91. The number of esters is 2. The molecule has 0 saturated carbocycles. The summed E-state index contributed by atoms with van der Waals surface area (Å²) in [5.41, 5.74) is 0. The van der Waals surface area contributed by atoms with Crippen molar-refractivity contribution < 1.29 is 19.1 Å². The Kier molecular flexibility index (Phi) is 6.95. The summed E-state index contributed by atoms with van der Waals surface area (Å²) in [4.78, 5) is 27.0. The van der Waals surface area contributed by atoms with Crippen molar-refractivity contribution in [1.82, 2.24) is 9.80 Å². The first-order chi connectivity index (χ1) is 9.47. The SMILES string of the molecule is COC(=O)CCN1C[C@@H](C)N(CCC(=O)OC)C[C@H]1C. The van der Waals surface area contributed by atoms with E-state index in [0.29, 0.717) is 24.9 Å². The van der Waals surface area contributed by atoms with Gasteiger partial charge in [0.25, 0.3) is 0 Å². The van der Waals surface area contributed by atoms with Crippen LogP contribution in [0.15, 0.2) is 0 Å². The molecule has 6 nitrogen and oxygen atoms in total. The largest absolute Gasteiger partial charge is 0.469 e. The minimum Gasteiger partial charge on any atom is -0.469 e. The maximum Gasteiger partial charge on any atom is 0.306 e. The van der Waals surface area contributed by atoms with Crippen molar-refractivity contribution in [3.05, 3.63) is 0 Å². The van der Waals surface area contributed by atoms with Gasteiger partial charge in [-0.15, -0.1) is 0 Å². The summed E-state index contributed by atoms with van der Waals surface area (Å²) in [5, 5.41) is 0. The van der Waals surface area contributed by atoms with E-state index in [1.54, 1.807) is 0 Å². The molecule has 0 amide bonds. The van der Waals surface area contributed by atoms with Crippen molar-refractivity contribution in [2.75, 3.05) is 40.4 Å². The number of ether oxygens (including phenoxy) is 2. The molecule has 1 rings (SSSR count). The Morgan fingerprint density at radius 2 is 1.25 bits per heavy atom. The van der Waals surface area contributed by atoms with E-state index in [0.717, 1.165) is 26.2 Å². The van der Waals surface area contributed by atoms with Gasteiger partial charge in [0.05, 0.1) is 27.1 Å². The van der Waals surface area contributed by atoms with Crippen molar-refractivity contribution in [3.63, 3.8) is 0 Å². The lowest BCUT2D eigenvalue weighted by atomic mass is 10.1. The highest BCUT2D eigenvalue weighted by Gasteiger charge is 2.29. The summed E-state index contributed by atoms with van der Waals surface area (Å²) >= 11 is 0.